The molecule has 0 aliphatic heterocycles. The normalized spacial score (nSPS) is 10.5. The van der Waals surface area contributed by atoms with Crippen LogP contribution in [-0.2, 0) is 25.7 Å². The molecule has 0 bridgehead atoms. The minimum absolute atomic E-state index is 0. The Bertz CT molecular complexity index is 1850. The van der Waals surface area contributed by atoms with E-state index in [-0.39, 0.29) is 27.3 Å². The van der Waals surface area contributed by atoms with Gasteiger partial charge in [-0.2, -0.15) is 0 Å². The van der Waals surface area contributed by atoms with Crippen molar-refractivity contribution in [3.05, 3.63) is 142 Å². The van der Waals surface area contributed by atoms with Crippen LogP contribution >= 0.6 is 0 Å². The van der Waals surface area contributed by atoms with Gasteiger partial charge in [-0.3, -0.25) is 0 Å². The molecule has 9 heteroatoms. The second-order valence-corrected chi connectivity index (χ2v) is 22.3. The predicted molar refractivity (Wildman–Crippen MR) is 333 cm³/mol. The molecule has 0 fully saturated rings. The molecule has 0 amide bonds. The fourth-order valence-electron chi connectivity index (χ4n) is 9.97. The van der Waals surface area contributed by atoms with Gasteiger partial charge in [0.15, 0.2) is 0 Å². The molecule has 4 radical (unpaired) electrons. The second-order valence-electron chi connectivity index (χ2n) is 22.3. The standard InChI is InChI=1S/4C18H28O2.Pb/c4*1-2-3-4-5-6-7-8-9-10-12-16-13-11-14-17(15-16)18(19)20;/h4*11,13-15H,2-10,12H2,1H3,(H,19,20);/p-4. The summed E-state index contributed by atoms with van der Waals surface area (Å²) in [5.74, 6) is -4.34. The van der Waals surface area contributed by atoms with E-state index in [1.165, 1.54) is 205 Å². The summed E-state index contributed by atoms with van der Waals surface area (Å²) >= 11 is 0. The van der Waals surface area contributed by atoms with Crippen LogP contribution in [0.1, 0.15) is 323 Å². The fourth-order valence-corrected chi connectivity index (χ4v) is 9.97. The van der Waals surface area contributed by atoms with Gasteiger partial charge in [-0.1, -0.05) is 306 Å². The van der Waals surface area contributed by atoms with Crippen molar-refractivity contribution in [1.82, 2.24) is 0 Å². The number of rotatable bonds is 44. The topological polar surface area (TPSA) is 161 Å². The molecule has 0 aliphatic rings. The molecule has 81 heavy (non-hydrogen) atoms. The summed E-state index contributed by atoms with van der Waals surface area (Å²) in [5.41, 5.74) is 5.59. The van der Waals surface area contributed by atoms with Crippen molar-refractivity contribution in [2.75, 3.05) is 0 Å². The van der Waals surface area contributed by atoms with Crippen molar-refractivity contribution < 1.29 is 39.6 Å². The van der Waals surface area contributed by atoms with Gasteiger partial charge in [0.25, 0.3) is 0 Å². The Morgan fingerprint density at radius 2 is 0.395 bits per heavy atom. The minimum Gasteiger partial charge on any atom is -0.545 e. The van der Waals surface area contributed by atoms with Crippen molar-refractivity contribution in [1.29, 1.82) is 0 Å². The number of hydrogen-bond acceptors (Lipinski definition) is 8. The number of carbonyl (C=O) groups is 4. The van der Waals surface area contributed by atoms with Gasteiger partial charge in [-0.25, -0.2) is 0 Å². The average Bonchev–Trinajstić information content (AvgIpc) is 3.46. The number of carboxylic acids is 4. The SMILES string of the molecule is CCCCCCCCCCCc1cccc(C(=O)[O-])c1.CCCCCCCCCCCc1cccc(C(=O)[O-])c1.CCCCCCCCCCCc1cccc(C(=O)[O-])c1.CCCCCCCCCCCc1cccc(C(=O)[O-])c1.[Pb]. The second kappa shape index (κ2) is 54.9. The van der Waals surface area contributed by atoms with Crippen LogP contribution in [0.4, 0.5) is 0 Å². The van der Waals surface area contributed by atoms with E-state index < -0.39 is 23.9 Å². The van der Waals surface area contributed by atoms with Crippen molar-refractivity contribution >= 4 is 51.2 Å². The van der Waals surface area contributed by atoms with Crippen molar-refractivity contribution in [3.63, 3.8) is 0 Å². The van der Waals surface area contributed by atoms with E-state index in [9.17, 15) is 39.6 Å². The van der Waals surface area contributed by atoms with Gasteiger partial charge in [-0.15, -0.1) is 0 Å². The third-order valence-corrected chi connectivity index (χ3v) is 14.9. The third kappa shape index (κ3) is 44.9. The van der Waals surface area contributed by atoms with E-state index in [0.29, 0.717) is 22.3 Å². The maximum Gasteiger partial charge on any atom is 0.0715 e. The van der Waals surface area contributed by atoms with Crippen molar-refractivity contribution in [2.45, 2.75) is 285 Å². The number of unbranched alkanes of at least 4 members (excludes halogenated alkanes) is 32. The summed E-state index contributed by atoms with van der Waals surface area (Å²) in [4.78, 5) is 43.1. The Balaban J connectivity index is 0.00000105. The molecule has 0 N–H and O–H groups in total. The Kier molecular flexibility index (Phi) is 52.0. The summed E-state index contributed by atoms with van der Waals surface area (Å²) in [6.07, 6.45) is 51.1. The molecule has 8 nitrogen and oxygen atoms in total. The van der Waals surface area contributed by atoms with E-state index in [1.807, 2.05) is 24.3 Å². The zero-order valence-corrected chi connectivity index (χ0v) is 55.2. The fraction of sp³-hybridized carbons (Fsp3) is 0.611. The van der Waals surface area contributed by atoms with Crippen molar-refractivity contribution in [2.24, 2.45) is 0 Å². The maximum atomic E-state index is 10.8. The van der Waals surface area contributed by atoms with Gasteiger partial charge in [-0.05, 0) is 120 Å². The van der Waals surface area contributed by atoms with E-state index in [0.717, 1.165) is 73.6 Å². The van der Waals surface area contributed by atoms with Crippen LogP contribution in [0.5, 0.6) is 0 Å². The maximum absolute atomic E-state index is 10.8. The minimum atomic E-state index is -1.08. The molecule has 0 aliphatic carbocycles. The Morgan fingerprint density at radius 3 is 0.543 bits per heavy atom. The summed E-state index contributed by atoms with van der Waals surface area (Å²) in [6, 6.07) is 28.5. The molecule has 4 aromatic rings. The van der Waals surface area contributed by atoms with Crippen LogP contribution in [-0.4, -0.2) is 51.2 Å². The summed E-state index contributed by atoms with van der Waals surface area (Å²) < 4.78 is 0. The monoisotopic (exact) mass is 1310 g/mol. The van der Waals surface area contributed by atoms with E-state index >= 15 is 0 Å². The van der Waals surface area contributed by atoms with Gasteiger partial charge < -0.3 is 39.6 Å². The van der Waals surface area contributed by atoms with Crippen LogP contribution in [0, 0.1) is 0 Å². The van der Waals surface area contributed by atoms with Crippen LogP contribution in [0.15, 0.2) is 97.1 Å². The zero-order valence-electron chi connectivity index (χ0n) is 51.3. The number of carbonyl (C=O) groups excluding carboxylic acids is 4. The molecule has 0 atom stereocenters. The van der Waals surface area contributed by atoms with E-state index in [1.54, 1.807) is 72.8 Å². The molecular weight excluding hydrogens is 1200 g/mol. The Hall–Kier alpha value is -4.32. The predicted octanol–water partition coefficient (Wildman–Crippen LogP) is 16.1. The van der Waals surface area contributed by atoms with Gasteiger partial charge in [0.1, 0.15) is 0 Å². The molecule has 0 aromatic heterocycles. The van der Waals surface area contributed by atoms with Crippen LogP contribution in [0.3, 0.4) is 0 Å². The molecule has 452 valence electrons. The Morgan fingerprint density at radius 1 is 0.247 bits per heavy atom. The molecule has 0 unspecified atom stereocenters. The quantitative estimate of drug-likeness (QED) is 0.0312. The summed E-state index contributed by atoms with van der Waals surface area (Å²) in [7, 11) is 0. The number of carboxylic acid groups (broad SMARTS) is 4. The number of benzene rings is 4. The number of aromatic carboxylic acids is 4. The molecule has 0 spiro atoms. The van der Waals surface area contributed by atoms with E-state index in [4.69, 9.17) is 0 Å². The molecule has 0 heterocycles. The van der Waals surface area contributed by atoms with Crippen LogP contribution in [0.2, 0.25) is 0 Å². The summed E-state index contributed by atoms with van der Waals surface area (Å²) in [6.45, 7) is 8.98. The Labute approximate surface area is 513 Å². The van der Waals surface area contributed by atoms with Gasteiger partial charge in [0, 0.05) is 27.3 Å². The van der Waals surface area contributed by atoms with Gasteiger partial charge in [0.2, 0.25) is 0 Å². The number of hydrogen-bond donors (Lipinski definition) is 0. The first kappa shape index (κ1) is 76.7. The molecule has 0 saturated heterocycles. The van der Waals surface area contributed by atoms with Crippen LogP contribution in [0.25, 0.3) is 0 Å². The largest absolute Gasteiger partial charge is 0.545 e. The first-order valence-electron chi connectivity index (χ1n) is 32.2. The van der Waals surface area contributed by atoms with Gasteiger partial charge in [0.05, 0.1) is 23.9 Å². The molecular formula is C72H108O8Pb-4. The van der Waals surface area contributed by atoms with Crippen LogP contribution < -0.4 is 20.4 Å². The molecule has 4 aromatic carbocycles. The molecule has 0 saturated carbocycles. The zero-order chi connectivity index (χ0) is 58.5. The smallest absolute Gasteiger partial charge is 0.0715 e. The van der Waals surface area contributed by atoms with Gasteiger partial charge >= 0.3 is 0 Å². The number of aryl methyl sites for hydroxylation is 4. The summed E-state index contributed by atoms with van der Waals surface area (Å²) in [5, 5.41) is 43.1. The molecule has 4 rings (SSSR count). The third-order valence-electron chi connectivity index (χ3n) is 14.9. The average molecular weight is 1310 g/mol. The first-order chi connectivity index (χ1) is 38.9. The van der Waals surface area contributed by atoms with Crippen molar-refractivity contribution in [3.8, 4) is 0 Å². The van der Waals surface area contributed by atoms with E-state index in [2.05, 4.69) is 27.7 Å². The first-order valence-corrected chi connectivity index (χ1v) is 32.2.